The number of nitrogens with two attached hydrogens (primary N) is 3. The standard InChI is InChI=1S/C55H43N.C7H8.H4N2/c1-54(2)50-20-12-11-19-48(50)49-34-29-41(35-51(49)54)36-21-23-39(24-22-36)46-32-27-37-13-7-9-17-44(37)52(46)53-45-18-10-8-14-38(45)28-33-47(53)40-25-30-43(31-26-40)55(3,56)42-15-5-4-6-16-42;1-7-5-3-2-4-6-7;1-2/h4-35H,56H2,1-3H3;2-6H,1H3;1-2H2. The molecule has 10 aromatic carbocycles. The van der Waals surface area contributed by atoms with Crippen LogP contribution in [0.25, 0.3) is 77.2 Å². The van der Waals surface area contributed by atoms with Crippen molar-refractivity contribution >= 4 is 21.5 Å². The van der Waals surface area contributed by atoms with Gasteiger partial charge in [0.05, 0.1) is 5.54 Å². The van der Waals surface area contributed by atoms with Crippen LogP contribution in [0.1, 0.15) is 48.6 Å². The first-order valence-corrected chi connectivity index (χ1v) is 22.4. The molecule has 0 aromatic heterocycles. The van der Waals surface area contributed by atoms with Crippen molar-refractivity contribution in [3.63, 3.8) is 0 Å². The van der Waals surface area contributed by atoms with Gasteiger partial charge in [-0.3, -0.25) is 11.7 Å². The Labute approximate surface area is 383 Å². The number of benzene rings is 10. The summed E-state index contributed by atoms with van der Waals surface area (Å²) in [6.07, 6.45) is 0. The lowest BCUT2D eigenvalue weighted by Gasteiger charge is -2.26. The molecule has 0 fully saturated rings. The Bertz CT molecular complexity index is 3260. The Morgan fingerprint density at radius 3 is 1.34 bits per heavy atom. The fraction of sp³-hybridized carbons (Fsp3) is 0.0968. The molecule has 1 unspecified atom stereocenters. The summed E-state index contributed by atoms with van der Waals surface area (Å²) in [6.45, 7) is 8.87. The number of hydrogen-bond acceptors (Lipinski definition) is 3. The molecular weight excluding hydrogens is 787 g/mol. The second kappa shape index (κ2) is 18.0. The molecule has 11 rings (SSSR count). The first-order chi connectivity index (χ1) is 31.7. The molecule has 0 aliphatic heterocycles. The second-order valence-electron chi connectivity index (χ2n) is 17.7. The van der Waals surface area contributed by atoms with E-state index in [-0.39, 0.29) is 5.41 Å². The lowest BCUT2D eigenvalue weighted by Crippen LogP contribution is -2.34. The van der Waals surface area contributed by atoms with Crippen molar-refractivity contribution in [3.05, 3.63) is 252 Å². The highest BCUT2D eigenvalue weighted by atomic mass is 15.0. The molecule has 1 aliphatic rings. The van der Waals surface area contributed by atoms with Crippen LogP contribution in [-0.2, 0) is 11.0 Å². The number of hydrazine groups is 1. The minimum atomic E-state index is -0.609. The van der Waals surface area contributed by atoms with E-state index in [1.54, 1.807) is 0 Å². The molecule has 65 heavy (non-hydrogen) atoms. The van der Waals surface area contributed by atoms with E-state index in [1.165, 1.54) is 88.3 Å². The van der Waals surface area contributed by atoms with Gasteiger partial charge in [0.1, 0.15) is 0 Å². The van der Waals surface area contributed by atoms with E-state index < -0.39 is 5.54 Å². The summed E-state index contributed by atoms with van der Waals surface area (Å²) in [5, 5.41) is 4.92. The zero-order chi connectivity index (χ0) is 45.1. The quantitative estimate of drug-likeness (QED) is 0.115. The van der Waals surface area contributed by atoms with Crippen LogP contribution in [0.2, 0.25) is 0 Å². The van der Waals surface area contributed by atoms with Crippen LogP contribution in [-0.4, -0.2) is 0 Å². The molecule has 0 bridgehead atoms. The number of fused-ring (bicyclic) bond motifs is 5. The molecule has 0 radical (unpaired) electrons. The normalized spacial score (nSPS) is 13.1. The highest BCUT2D eigenvalue weighted by Gasteiger charge is 2.35. The van der Waals surface area contributed by atoms with Crippen molar-refractivity contribution in [1.82, 2.24) is 0 Å². The van der Waals surface area contributed by atoms with Crippen LogP contribution in [0.15, 0.2) is 224 Å². The molecule has 0 heterocycles. The number of aryl methyl sites for hydroxylation is 1. The molecule has 3 heteroatoms. The molecular formula is C62H55N3. The van der Waals surface area contributed by atoms with Gasteiger partial charge >= 0.3 is 0 Å². The Morgan fingerprint density at radius 2 is 0.785 bits per heavy atom. The lowest BCUT2D eigenvalue weighted by atomic mass is 9.81. The van der Waals surface area contributed by atoms with E-state index in [0.29, 0.717) is 0 Å². The summed E-state index contributed by atoms with van der Waals surface area (Å²) in [5.74, 6) is 8.00. The van der Waals surface area contributed by atoms with Crippen LogP contribution in [0.4, 0.5) is 0 Å². The van der Waals surface area contributed by atoms with E-state index in [9.17, 15) is 0 Å². The van der Waals surface area contributed by atoms with Gasteiger partial charge in [-0.2, -0.15) is 0 Å². The SMILES string of the molecule is CC1(C)c2ccccc2-c2ccc(-c3ccc(-c4ccc5ccccc5c4-c4c(-c5ccc(C(C)(N)c6ccccc6)cc5)ccc5ccccc45)cc3)cc21.Cc1ccccc1.NN. The molecule has 0 saturated heterocycles. The van der Waals surface area contributed by atoms with Crippen molar-refractivity contribution in [2.75, 3.05) is 0 Å². The summed E-state index contributed by atoms with van der Waals surface area (Å²) < 4.78 is 0. The average Bonchev–Trinajstić information content (AvgIpc) is 3.59. The van der Waals surface area contributed by atoms with E-state index in [1.807, 2.05) is 24.3 Å². The van der Waals surface area contributed by atoms with Crippen molar-refractivity contribution < 1.29 is 0 Å². The molecule has 0 amide bonds. The van der Waals surface area contributed by atoms with Gasteiger partial charge in [0, 0.05) is 5.41 Å². The lowest BCUT2D eigenvalue weighted by molar-refractivity contribution is 0.603. The van der Waals surface area contributed by atoms with Gasteiger partial charge in [-0.05, 0) is 119 Å². The summed E-state index contributed by atoms with van der Waals surface area (Å²) in [5.41, 5.74) is 25.1. The van der Waals surface area contributed by atoms with E-state index in [4.69, 9.17) is 5.73 Å². The Hall–Kier alpha value is -7.40. The smallest absolute Gasteiger partial charge is 0.0636 e. The molecule has 0 spiro atoms. The highest BCUT2D eigenvalue weighted by molar-refractivity contribution is 6.14. The zero-order valence-electron chi connectivity index (χ0n) is 37.6. The first kappa shape index (κ1) is 42.9. The molecule has 6 N–H and O–H groups in total. The fourth-order valence-electron chi connectivity index (χ4n) is 9.77. The van der Waals surface area contributed by atoms with Gasteiger partial charge < -0.3 is 5.73 Å². The van der Waals surface area contributed by atoms with Crippen LogP contribution in [0.3, 0.4) is 0 Å². The van der Waals surface area contributed by atoms with Crippen LogP contribution >= 0.6 is 0 Å². The average molecular weight is 842 g/mol. The van der Waals surface area contributed by atoms with Crippen molar-refractivity contribution in [1.29, 1.82) is 0 Å². The third-order valence-corrected chi connectivity index (χ3v) is 13.3. The van der Waals surface area contributed by atoms with Crippen LogP contribution < -0.4 is 17.4 Å². The van der Waals surface area contributed by atoms with Gasteiger partial charge in [-0.25, -0.2) is 0 Å². The monoisotopic (exact) mass is 841 g/mol. The number of rotatable bonds is 6. The molecule has 1 atom stereocenters. The molecule has 0 saturated carbocycles. The Kier molecular flexibility index (Phi) is 11.9. The molecule has 3 nitrogen and oxygen atoms in total. The largest absolute Gasteiger partial charge is 0.318 e. The van der Waals surface area contributed by atoms with Crippen molar-refractivity contribution in [3.8, 4) is 55.6 Å². The summed E-state index contributed by atoms with van der Waals surface area (Å²) in [6, 6.07) is 81.3. The maximum atomic E-state index is 6.99. The van der Waals surface area contributed by atoms with Gasteiger partial charge in [0.2, 0.25) is 0 Å². The fourth-order valence-corrected chi connectivity index (χ4v) is 9.77. The maximum Gasteiger partial charge on any atom is 0.0636 e. The topological polar surface area (TPSA) is 78.1 Å². The maximum absolute atomic E-state index is 6.99. The number of hydrogen-bond donors (Lipinski definition) is 3. The van der Waals surface area contributed by atoms with E-state index in [0.717, 1.165) is 16.7 Å². The summed E-state index contributed by atoms with van der Waals surface area (Å²) in [4.78, 5) is 0. The Morgan fingerprint density at radius 1 is 0.369 bits per heavy atom. The first-order valence-electron chi connectivity index (χ1n) is 22.4. The van der Waals surface area contributed by atoms with Crippen molar-refractivity contribution in [2.45, 2.75) is 38.6 Å². The van der Waals surface area contributed by atoms with Crippen molar-refractivity contribution in [2.24, 2.45) is 17.4 Å². The van der Waals surface area contributed by atoms with E-state index >= 15 is 0 Å². The third-order valence-electron chi connectivity index (χ3n) is 13.3. The molecule has 1 aliphatic carbocycles. The Balaban J connectivity index is 0.000000537. The van der Waals surface area contributed by atoms with Gasteiger partial charge in [0.15, 0.2) is 0 Å². The molecule has 10 aromatic rings. The van der Waals surface area contributed by atoms with Crippen LogP contribution in [0, 0.1) is 6.92 Å². The third kappa shape index (κ3) is 8.07. The van der Waals surface area contributed by atoms with E-state index in [2.05, 4.69) is 240 Å². The van der Waals surface area contributed by atoms with Gasteiger partial charge in [-0.1, -0.05) is 238 Å². The van der Waals surface area contributed by atoms with Crippen LogP contribution in [0.5, 0.6) is 0 Å². The summed E-state index contributed by atoms with van der Waals surface area (Å²) in [7, 11) is 0. The predicted molar refractivity (Wildman–Crippen MR) is 277 cm³/mol. The highest BCUT2D eigenvalue weighted by Crippen LogP contribution is 2.50. The minimum absolute atomic E-state index is 0.0375. The molecule has 318 valence electrons. The second-order valence-corrected chi connectivity index (χ2v) is 17.7. The minimum Gasteiger partial charge on any atom is -0.318 e. The zero-order valence-corrected chi connectivity index (χ0v) is 37.6. The predicted octanol–water partition coefficient (Wildman–Crippen LogP) is 15.0. The van der Waals surface area contributed by atoms with Gasteiger partial charge in [0.25, 0.3) is 0 Å². The summed E-state index contributed by atoms with van der Waals surface area (Å²) >= 11 is 0. The van der Waals surface area contributed by atoms with Gasteiger partial charge in [-0.15, -0.1) is 0 Å².